The molecule has 1 aromatic heterocycles. The second-order valence-electron chi connectivity index (χ2n) is 5.45. The Hall–Kier alpha value is -1.58. The first-order chi connectivity index (χ1) is 10.0. The molecule has 4 nitrogen and oxygen atoms in total. The van der Waals surface area contributed by atoms with E-state index in [1.165, 1.54) is 0 Å². The van der Waals surface area contributed by atoms with Gasteiger partial charge in [-0.15, -0.1) is 0 Å². The highest BCUT2D eigenvalue weighted by atomic mass is 16.1. The van der Waals surface area contributed by atoms with E-state index in [4.69, 9.17) is 0 Å². The van der Waals surface area contributed by atoms with Crippen LogP contribution in [0, 0.1) is 5.92 Å². The van der Waals surface area contributed by atoms with Gasteiger partial charge in [0.2, 0.25) is 0 Å². The Morgan fingerprint density at radius 3 is 2.38 bits per heavy atom. The molecule has 118 valence electrons. The van der Waals surface area contributed by atoms with E-state index in [-0.39, 0.29) is 11.9 Å². The maximum Gasteiger partial charge on any atom is 0.251 e. The fourth-order valence-electron chi connectivity index (χ4n) is 2.58. The van der Waals surface area contributed by atoms with Crippen LogP contribution in [0.3, 0.4) is 0 Å². The summed E-state index contributed by atoms with van der Waals surface area (Å²) in [5.74, 6) is 1.29. The van der Waals surface area contributed by atoms with Crippen molar-refractivity contribution in [3.05, 3.63) is 23.4 Å². The highest BCUT2D eigenvalue weighted by Gasteiger charge is 2.17. The summed E-state index contributed by atoms with van der Waals surface area (Å²) >= 11 is 0. The lowest BCUT2D eigenvalue weighted by molar-refractivity contribution is 0.0925. The number of pyridine rings is 1. The molecule has 21 heavy (non-hydrogen) atoms. The Morgan fingerprint density at radius 2 is 1.86 bits per heavy atom. The Kier molecular flexibility index (Phi) is 7.20. The van der Waals surface area contributed by atoms with Crippen molar-refractivity contribution in [2.45, 2.75) is 59.9 Å². The number of hydrogen-bond acceptors (Lipinski definition) is 3. The van der Waals surface area contributed by atoms with Gasteiger partial charge >= 0.3 is 0 Å². The maximum atomic E-state index is 12.4. The molecular formula is C17H29N3O. The van der Waals surface area contributed by atoms with E-state index in [1.807, 2.05) is 26.0 Å². The minimum Gasteiger partial charge on any atom is -0.370 e. The van der Waals surface area contributed by atoms with Crippen LogP contribution in [-0.4, -0.2) is 23.5 Å². The second-order valence-corrected chi connectivity index (χ2v) is 5.45. The second kappa shape index (κ2) is 8.65. The molecule has 0 aromatic carbocycles. The number of rotatable bonds is 8. The molecule has 0 radical (unpaired) electrons. The zero-order valence-electron chi connectivity index (χ0n) is 14.0. The van der Waals surface area contributed by atoms with Gasteiger partial charge in [-0.3, -0.25) is 4.79 Å². The minimum absolute atomic E-state index is 0.00865. The Balaban J connectivity index is 2.88. The third-order valence-corrected chi connectivity index (χ3v) is 3.98. The predicted octanol–water partition coefficient (Wildman–Crippen LogP) is 3.63. The first-order valence-electron chi connectivity index (χ1n) is 8.11. The van der Waals surface area contributed by atoms with E-state index in [0.29, 0.717) is 11.5 Å². The molecule has 0 bridgehead atoms. The largest absolute Gasteiger partial charge is 0.370 e. The van der Waals surface area contributed by atoms with E-state index in [9.17, 15) is 4.79 Å². The number of nitrogens with one attached hydrogen (secondary N) is 2. The molecule has 0 spiro atoms. The summed E-state index contributed by atoms with van der Waals surface area (Å²) in [4.78, 5) is 16.9. The van der Waals surface area contributed by atoms with Crippen molar-refractivity contribution < 1.29 is 4.79 Å². The van der Waals surface area contributed by atoms with Crippen LogP contribution in [0.1, 0.15) is 63.5 Å². The predicted molar refractivity (Wildman–Crippen MR) is 88.8 cm³/mol. The lowest BCUT2D eigenvalue weighted by atomic mass is 9.95. The number of anilines is 1. The van der Waals surface area contributed by atoms with Gasteiger partial charge in [-0.25, -0.2) is 4.98 Å². The van der Waals surface area contributed by atoms with Gasteiger partial charge in [0.05, 0.1) is 0 Å². The smallest absolute Gasteiger partial charge is 0.251 e. The highest BCUT2D eigenvalue weighted by Crippen LogP contribution is 2.15. The zero-order chi connectivity index (χ0) is 15.8. The fourth-order valence-corrected chi connectivity index (χ4v) is 2.58. The first-order valence-corrected chi connectivity index (χ1v) is 8.11. The summed E-state index contributed by atoms with van der Waals surface area (Å²) in [6.45, 7) is 11.3. The maximum absolute atomic E-state index is 12.4. The monoisotopic (exact) mass is 291 g/mol. The molecule has 1 rings (SSSR count). The summed E-state index contributed by atoms with van der Waals surface area (Å²) in [6.07, 6.45) is 2.98. The van der Waals surface area contributed by atoms with E-state index in [2.05, 4.69) is 36.4 Å². The standard InChI is InChI=1S/C17H29N3O/c1-6-13(7-2)12(5)19-17(21)14-10-15(8-3)20-16(11-14)18-9-4/h10-13H,6-9H2,1-5H3,(H,18,20)(H,19,21). The number of carbonyl (C=O) groups is 1. The van der Waals surface area contributed by atoms with Crippen molar-refractivity contribution in [1.29, 1.82) is 0 Å². The third kappa shape index (κ3) is 5.03. The van der Waals surface area contributed by atoms with Gasteiger partial charge < -0.3 is 10.6 Å². The topological polar surface area (TPSA) is 54.0 Å². The summed E-state index contributed by atoms with van der Waals surface area (Å²) < 4.78 is 0. The van der Waals surface area contributed by atoms with Crippen LogP contribution < -0.4 is 10.6 Å². The average Bonchev–Trinajstić information content (AvgIpc) is 2.48. The summed E-state index contributed by atoms with van der Waals surface area (Å²) in [7, 11) is 0. The minimum atomic E-state index is -0.00865. The van der Waals surface area contributed by atoms with Gasteiger partial charge in [0.1, 0.15) is 5.82 Å². The molecule has 1 atom stereocenters. The lowest BCUT2D eigenvalue weighted by Gasteiger charge is -2.22. The van der Waals surface area contributed by atoms with Crippen LogP contribution in [0.2, 0.25) is 0 Å². The van der Waals surface area contributed by atoms with Crippen molar-refractivity contribution in [1.82, 2.24) is 10.3 Å². The first kappa shape index (κ1) is 17.5. The van der Waals surface area contributed by atoms with Crippen molar-refractivity contribution in [3.63, 3.8) is 0 Å². The van der Waals surface area contributed by atoms with Crippen molar-refractivity contribution in [3.8, 4) is 0 Å². The van der Waals surface area contributed by atoms with Crippen LogP contribution in [0.15, 0.2) is 12.1 Å². The van der Waals surface area contributed by atoms with Crippen molar-refractivity contribution in [2.24, 2.45) is 5.92 Å². The number of amides is 1. The molecular weight excluding hydrogens is 262 g/mol. The molecule has 0 aliphatic rings. The van der Waals surface area contributed by atoms with Gasteiger partial charge in [0, 0.05) is 23.8 Å². The highest BCUT2D eigenvalue weighted by molar-refractivity contribution is 5.95. The number of carbonyl (C=O) groups excluding carboxylic acids is 1. The van der Waals surface area contributed by atoms with Crippen LogP contribution in [0.4, 0.5) is 5.82 Å². The molecule has 2 N–H and O–H groups in total. The lowest BCUT2D eigenvalue weighted by Crippen LogP contribution is -2.37. The number of nitrogens with zero attached hydrogens (tertiary/aromatic N) is 1. The summed E-state index contributed by atoms with van der Waals surface area (Å²) in [5.41, 5.74) is 1.63. The molecule has 1 heterocycles. The molecule has 0 fully saturated rings. The molecule has 0 saturated carbocycles. The molecule has 1 unspecified atom stereocenters. The van der Waals surface area contributed by atoms with Crippen molar-refractivity contribution >= 4 is 11.7 Å². The molecule has 4 heteroatoms. The number of aromatic nitrogens is 1. The van der Waals surface area contributed by atoms with E-state index >= 15 is 0 Å². The quantitative estimate of drug-likeness (QED) is 0.769. The Bertz CT molecular complexity index is 455. The van der Waals surface area contributed by atoms with Gasteiger partial charge in [-0.2, -0.15) is 0 Å². The van der Waals surface area contributed by atoms with Crippen molar-refractivity contribution in [2.75, 3.05) is 11.9 Å². The van der Waals surface area contributed by atoms with Crippen LogP contribution in [-0.2, 0) is 6.42 Å². The molecule has 0 aliphatic heterocycles. The van der Waals surface area contributed by atoms with Gasteiger partial charge in [0.25, 0.3) is 5.91 Å². The van der Waals surface area contributed by atoms with Crippen LogP contribution in [0.25, 0.3) is 0 Å². The Labute approximate surface area is 128 Å². The average molecular weight is 291 g/mol. The Morgan fingerprint density at radius 1 is 1.19 bits per heavy atom. The number of hydrogen-bond donors (Lipinski definition) is 2. The van der Waals surface area contributed by atoms with E-state index in [0.717, 1.165) is 37.3 Å². The summed E-state index contributed by atoms with van der Waals surface area (Å²) in [6, 6.07) is 3.90. The van der Waals surface area contributed by atoms with Gasteiger partial charge in [-0.1, -0.05) is 33.6 Å². The van der Waals surface area contributed by atoms with Gasteiger partial charge in [-0.05, 0) is 38.3 Å². The molecule has 0 aliphatic carbocycles. The van der Waals surface area contributed by atoms with Crippen LogP contribution >= 0.6 is 0 Å². The SMILES string of the molecule is CCNc1cc(C(=O)NC(C)C(CC)CC)cc(CC)n1. The fraction of sp³-hybridized carbons (Fsp3) is 0.647. The third-order valence-electron chi connectivity index (χ3n) is 3.98. The van der Waals surface area contributed by atoms with E-state index < -0.39 is 0 Å². The van der Waals surface area contributed by atoms with Crippen LogP contribution in [0.5, 0.6) is 0 Å². The van der Waals surface area contributed by atoms with E-state index in [1.54, 1.807) is 0 Å². The normalized spacial score (nSPS) is 12.3. The zero-order valence-corrected chi connectivity index (χ0v) is 14.0. The van der Waals surface area contributed by atoms with Gasteiger partial charge in [0.15, 0.2) is 0 Å². The summed E-state index contributed by atoms with van der Waals surface area (Å²) in [5, 5.41) is 6.31. The molecule has 0 saturated heterocycles. The molecule has 1 aromatic rings. The number of aryl methyl sites for hydroxylation is 1. The molecule has 1 amide bonds.